The zero-order valence-electron chi connectivity index (χ0n) is 8.36. The summed E-state index contributed by atoms with van der Waals surface area (Å²) >= 11 is 5.83. The topological polar surface area (TPSA) is 29.3 Å². The molecule has 0 aliphatic carbocycles. The summed E-state index contributed by atoms with van der Waals surface area (Å²) in [5.41, 5.74) is 7.87. The van der Waals surface area contributed by atoms with Crippen LogP contribution in [-0.2, 0) is 0 Å². The van der Waals surface area contributed by atoms with Gasteiger partial charge in [0.15, 0.2) is 0 Å². The van der Waals surface area contributed by atoms with Crippen LogP contribution in [0.1, 0.15) is 0 Å². The van der Waals surface area contributed by atoms with Crippen LogP contribution in [0, 0.1) is 0 Å². The van der Waals surface area contributed by atoms with Crippen molar-refractivity contribution in [2.24, 2.45) is 5.73 Å². The van der Waals surface area contributed by atoms with E-state index in [0.29, 0.717) is 6.54 Å². The fourth-order valence-electron chi connectivity index (χ4n) is 1.51. The Hall–Kier alpha value is -1.25. The van der Waals surface area contributed by atoms with E-state index in [0.717, 1.165) is 17.3 Å². The molecule has 0 unspecified atom stereocenters. The minimum absolute atomic E-state index is 0.602. The molecular weight excluding hydrogens is 208 g/mol. The fourth-order valence-corrected chi connectivity index (χ4v) is 1.63. The summed E-state index contributed by atoms with van der Waals surface area (Å²) in [7, 11) is 0. The minimum Gasteiger partial charge on any atom is -0.344 e. The van der Waals surface area contributed by atoms with Gasteiger partial charge in [-0.25, -0.2) is 0 Å². The normalized spacial score (nSPS) is 15.3. The van der Waals surface area contributed by atoms with E-state index in [9.17, 15) is 0 Å². The Morgan fingerprint density at radius 1 is 1.27 bits per heavy atom. The molecular formula is C12H13ClN2. The quantitative estimate of drug-likeness (QED) is 0.830. The lowest BCUT2D eigenvalue weighted by molar-refractivity contribution is 1.03. The third-order valence-corrected chi connectivity index (χ3v) is 2.66. The average Bonchev–Trinajstić information content (AvgIpc) is 2.30. The van der Waals surface area contributed by atoms with E-state index in [1.807, 2.05) is 36.5 Å². The molecule has 78 valence electrons. The van der Waals surface area contributed by atoms with Crippen molar-refractivity contribution in [2.45, 2.75) is 0 Å². The van der Waals surface area contributed by atoms with Crippen LogP contribution in [0.15, 0.2) is 48.2 Å². The highest BCUT2D eigenvalue weighted by Gasteiger charge is 2.05. The highest BCUT2D eigenvalue weighted by Crippen LogP contribution is 2.20. The Morgan fingerprint density at radius 3 is 2.53 bits per heavy atom. The van der Waals surface area contributed by atoms with Gasteiger partial charge in [-0.2, -0.15) is 0 Å². The lowest BCUT2D eigenvalue weighted by Crippen LogP contribution is -2.20. The number of nitrogens with two attached hydrogens (primary N) is 1. The second kappa shape index (κ2) is 4.51. The van der Waals surface area contributed by atoms with Crippen molar-refractivity contribution in [2.75, 3.05) is 18.0 Å². The van der Waals surface area contributed by atoms with Crippen LogP contribution in [-0.4, -0.2) is 13.1 Å². The molecule has 0 atom stereocenters. The molecule has 0 aromatic heterocycles. The van der Waals surface area contributed by atoms with Crippen molar-refractivity contribution < 1.29 is 0 Å². The Labute approximate surface area is 94.6 Å². The molecule has 1 aromatic rings. The summed E-state index contributed by atoms with van der Waals surface area (Å²) in [6, 6.07) is 7.81. The van der Waals surface area contributed by atoms with E-state index in [-0.39, 0.29) is 0 Å². The molecule has 1 heterocycles. The molecule has 2 rings (SSSR count). The van der Waals surface area contributed by atoms with Crippen LogP contribution in [0.5, 0.6) is 0 Å². The van der Waals surface area contributed by atoms with Gasteiger partial charge < -0.3 is 10.6 Å². The van der Waals surface area contributed by atoms with Crippen molar-refractivity contribution in [1.29, 1.82) is 0 Å². The molecule has 0 saturated carbocycles. The lowest BCUT2D eigenvalue weighted by Gasteiger charge is -2.22. The molecule has 0 saturated heterocycles. The van der Waals surface area contributed by atoms with Gasteiger partial charge in [-0.3, -0.25) is 0 Å². The van der Waals surface area contributed by atoms with E-state index >= 15 is 0 Å². The van der Waals surface area contributed by atoms with Gasteiger partial charge in [0.2, 0.25) is 0 Å². The summed E-state index contributed by atoms with van der Waals surface area (Å²) in [6.45, 7) is 1.47. The highest BCUT2D eigenvalue weighted by atomic mass is 35.5. The maximum atomic E-state index is 5.83. The minimum atomic E-state index is 0.602. The Kier molecular flexibility index (Phi) is 3.09. The number of rotatable bonds is 2. The highest BCUT2D eigenvalue weighted by molar-refractivity contribution is 6.30. The molecule has 2 nitrogen and oxygen atoms in total. The standard InChI is InChI=1S/C12H13ClN2/c13-11-1-3-12(4-2-11)15-7-5-10(9-14)6-8-15/h1-7H,8-9,14H2. The molecule has 0 fully saturated rings. The summed E-state index contributed by atoms with van der Waals surface area (Å²) in [4.78, 5) is 2.15. The smallest absolute Gasteiger partial charge is 0.0412 e. The zero-order valence-corrected chi connectivity index (χ0v) is 9.11. The first-order valence-corrected chi connectivity index (χ1v) is 5.27. The van der Waals surface area contributed by atoms with Crippen LogP contribution in [0.2, 0.25) is 5.02 Å². The van der Waals surface area contributed by atoms with Gasteiger partial charge in [-0.05, 0) is 35.9 Å². The summed E-state index contributed by atoms with van der Waals surface area (Å²) in [5.74, 6) is 0. The number of nitrogens with zero attached hydrogens (tertiary/aromatic N) is 1. The largest absolute Gasteiger partial charge is 0.344 e. The Balaban J connectivity index is 2.12. The first kappa shape index (κ1) is 10.3. The third kappa shape index (κ3) is 2.41. The molecule has 2 N–H and O–H groups in total. The third-order valence-electron chi connectivity index (χ3n) is 2.41. The monoisotopic (exact) mass is 220 g/mol. The van der Waals surface area contributed by atoms with Crippen molar-refractivity contribution in [3.63, 3.8) is 0 Å². The Bertz CT molecular complexity index is 393. The second-order valence-electron chi connectivity index (χ2n) is 3.43. The molecule has 0 bridgehead atoms. The number of hydrogen-bond acceptors (Lipinski definition) is 2. The molecule has 1 aromatic carbocycles. The van der Waals surface area contributed by atoms with E-state index in [4.69, 9.17) is 17.3 Å². The van der Waals surface area contributed by atoms with Crippen molar-refractivity contribution in [1.82, 2.24) is 0 Å². The van der Waals surface area contributed by atoms with Crippen LogP contribution >= 0.6 is 11.6 Å². The molecule has 15 heavy (non-hydrogen) atoms. The van der Waals surface area contributed by atoms with Crippen LogP contribution < -0.4 is 10.6 Å². The van der Waals surface area contributed by atoms with Gasteiger partial charge in [-0.15, -0.1) is 0 Å². The molecule has 0 radical (unpaired) electrons. The number of hydrogen-bond donors (Lipinski definition) is 1. The first-order valence-electron chi connectivity index (χ1n) is 4.89. The number of anilines is 1. The summed E-state index contributed by atoms with van der Waals surface area (Å²) in [6.07, 6.45) is 6.22. The van der Waals surface area contributed by atoms with Gasteiger partial charge in [0.25, 0.3) is 0 Å². The number of halogens is 1. The molecule has 1 aliphatic rings. The summed E-state index contributed by atoms with van der Waals surface area (Å²) < 4.78 is 0. The van der Waals surface area contributed by atoms with Crippen molar-refractivity contribution in [3.05, 3.63) is 53.2 Å². The lowest BCUT2D eigenvalue weighted by atomic mass is 10.2. The molecule has 1 aliphatic heterocycles. The predicted octanol–water partition coefficient (Wildman–Crippen LogP) is 2.56. The van der Waals surface area contributed by atoms with E-state index < -0.39 is 0 Å². The molecule has 3 heteroatoms. The maximum Gasteiger partial charge on any atom is 0.0412 e. The van der Waals surface area contributed by atoms with E-state index in [1.165, 1.54) is 5.57 Å². The maximum absolute atomic E-state index is 5.83. The first-order chi connectivity index (χ1) is 7.29. The van der Waals surface area contributed by atoms with Crippen LogP contribution in [0.25, 0.3) is 0 Å². The average molecular weight is 221 g/mol. The van der Waals surface area contributed by atoms with Crippen LogP contribution in [0.4, 0.5) is 5.69 Å². The van der Waals surface area contributed by atoms with Gasteiger partial charge in [-0.1, -0.05) is 17.7 Å². The number of benzene rings is 1. The van der Waals surface area contributed by atoms with Gasteiger partial charge in [0.1, 0.15) is 0 Å². The molecule has 0 spiro atoms. The fraction of sp³-hybridized carbons (Fsp3) is 0.167. The molecule has 0 amide bonds. The Morgan fingerprint density at radius 2 is 2.00 bits per heavy atom. The zero-order chi connectivity index (χ0) is 10.7. The van der Waals surface area contributed by atoms with Gasteiger partial charge in [0, 0.05) is 30.0 Å². The van der Waals surface area contributed by atoms with Crippen molar-refractivity contribution >= 4 is 17.3 Å². The van der Waals surface area contributed by atoms with Crippen LogP contribution in [0.3, 0.4) is 0 Å². The predicted molar refractivity (Wildman–Crippen MR) is 65.1 cm³/mol. The van der Waals surface area contributed by atoms with Crippen molar-refractivity contribution in [3.8, 4) is 0 Å². The van der Waals surface area contributed by atoms with Gasteiger partial charge >= 0.3 is 0 Å². The SMILES string of the molecule is NCC1=CCN(c2ccc(Cl)cc2)C=C1. The summed E-state index contributed by atoms with van der Waals surface area (Å²) in [5, 5.41) is 0.762. The van der Waals surface area contributed by atoms with Gasteiger partial charge in [0.05, 0.1) is 0 Å². The second-order valence-corrected chi connectivity index (χ2v) is 3.86. The van der Waals surface area contributed by atoms with E-state index in [1.54, 1.807) is 0 Å². The van der Waals surface area contributed by atoms with E-state index in [2.05, 4.69) is 11.0 Å².